The van der Waals surface area contributed by atoms with Gasteiger partial charge < -0.3 is 14.9 Å². The van der Waals surface area contributed by atoms with E-state index in [1.165, 1.54) is 6.42 Å². The van der Waals surface area contributed by atoms with Crippen LogP contribution in [0, 0.1) is 0 Å². The molecule has 0 saturated heterocycles. The van der Waals surface area contributed by atoms with Gasteiger partial charge in [0.2, 0.25) is 0 Å². The monoisotopic (exact) mass is 250 g/mol. The van der Waals surface area contributed by atoms with Crippen LogP contribution in [-0.4, -0.2) is 22.4 Å². The van der Waals surface area contributed by atoms with E-state index in [-0.39, 0.29) is 12.2 Å². The molecule has 1 fully saturated rings. The molecule has 3 heteroatoms. The van der Waals surface area contributed by atoms with Gasteiger partial charge in [-0.1, -0.05) is 25.0 Å². The summed E-state index contributed by atoms with van der Waals surface area (Å²) in [7, 11) is 0. The fraction of sp³-hybridized carbons (Fsp3) is 0.600. The van der Waals surface area contributed by atoms with Crippen LogP contribution in [0.4, 0.5) is 0 Å². The first-order chi connectivity index (χ1) is 8.66. The van der Waals surface area contributed by atoms with Crippen LogP contribution in [0.15, 0.2) is 24.3 Å². The lowest BCUT2D eigenvalue weighted by Gasteiger charge is -2.22. The molecule has 2 rings (SSSR count). The first-order valence-corrected chi connectivity index (χ1v) is 6.79. The van der Waals surface area contributed by atoms with Crippen molar-refractivity contribution in [3.05, 3.63) is 29.8 Å². The van der Waals surface area contributed by atoms with E-state index >= 15 is 0 Å². The minimum Gasteiger partial charge on any atom is -0.488 e. The Balaban J connectivity index is 2.05. The average molecular weight is 250 g/mol. The highest BCUT2D eigenvalue weighted by Crippen LogP contribution is 2.25. The van der Waals surface area contributed by atoms with Gasteiger partial charge in [-0.25, -0.2) is 0 Å². The van der Waals surface area contributed by atoms with Gasteiger partial charge in [0.1, 0.15) is 11.9 Å². The van der Waals surface area contributed by atoms with Gasteiger partial charge in [-0.15, -0.1) is 0 Å². The van der Waals surface area contributed by atoms with Crippen LogP contribution in [-0.2, 0) is 0 Å². The van der Waals surface area contributed by atoms with Crippen LogP contribution in [0.5, 0.6) is 5.75 Å². The Morgan fingerprint density at radius 1 is 1.22 bits per heavy atom. The quantitative estimate of drug-likeness (QED) is 0.811. The molecule has 0 amide bonds. The molecular weight excluding hydrogens is 228 g/mol. The summed E-state index contributed by atoms with van der Waals surface area (Å²) in [4.78, 5) is 0. The van der Waals surface area contributed by atoms with Gasteiger partial charge in [-0.3, -0.25) is 0 Å². The summed E-state index contributed by atoms with van der Waals surface area (Å²) in [6, 6.07) is 7.48. The Morgan fingerprint density at radius 3 is 2.78 bits per heavy atom. The number of benzene rings is 1. The van der Waals surface area contributed by atoms with E-state index in [1.807, 2.05) is 24.3 Å². The molecule has 1 aromatic rings. The van der Waals surface area contributed by atoms with Crippen molar-refractivity contribution in [2.75, 3.05) is 0 Å². The van der Waals surface area contributed by atoms with E-state index in [1.54, 1.807) is 6.92 Å². The highest BCUT2D eigenvalue weighted by Gasteiger charge is 2.23. The van der Waals surface area contributed by atoms with E-state index in [0.29, 0.717) is 0 Å². The summed E-state index contributed by atoms with van der Waals surface area (Å²) in [5.74, 6) is 0.736. The van der Waals surface area contributed by atoms with Crippen molar-refractivity contribution in [2.45, 2.75) is 57.3 Å². The molecule has 1 saturated carbocycles. The number of ether oxygens (including phenoxy) is 1. The Bertz CT molecular complexity index is 376. The van der Waals surface area contributed by atoms with Gasteiger partial charge in [0.05, 0.1) is 12.2 Å². The second-order valence-electron chi connectivity index (χ2n) is 5.11. The Morgan fingerprint density at radius 2 is 2.00 bits per heavy atom. The van der Waals surface area contributed by atoms with Gasteiger partial charge in [0, 0.05) is 0 Å². The largest absolute Gasteiger partial charge is 0.488 e. The van der Waals surface area contributed by atoms with E-state index in [9.17, 15) is 10.2 Å². The molecule has 1 aliphatic rings. The fourth-order valence-corrected chi connectivity index (χ4v) is 2.41. The van der Waals surface area contributed by atoms with Crippen LogP contribution in [0.1, 0.15) is 50.7 Å². The number of aliphatic hydroxyl groups excluding tert-OH is 2. The average Bonchev–Trinajstić information content (AvgIpc) is 2.55. The second kappa shape index (κ2) is 6.21. The van der Waals surface area contributed by atoms with E-state index in [0.717, 1.165) is 37.0 Å². The third-order valence-corrected chi connectivity index (χ3v) is 3.55. The van der Waals surface area contributed by atoms with Gasteiger partial charge in [-0.2, -0.15) is 0 Å². The van der Waals surface area contributed by atoms with E-state index in [2.05, 4.69) is 0 Å². The molecule has 0 radical (unpaired) electrons. The van der Waals surface area contributed by atoms with Crippen LogP contribution < -0.4 is 4.74 Å². The van der Waals surface area contributed by atoms with Crippen LogP contribution in [0.2, 0.25) is 0 Å². The SMILES string of the molecule is CC(O)c1cccc(OC2CCCCCC2O)c1. The second-order valence-corrected chi connectivity index (χ2v) is 5.11. The smallest absolute Gasteiger partial charge is 0.124 e. The third kappa shape index (κ3) is 3.47. The summed E-state index contributed by atoms with van der Waals surface area (Å²) in [5.41, 5.74) is 0.843. The van der Waals surface area contributed by atoms with Crippen molar-refractivity contribution in [3.63, 3.8) is 0 Å². The molecule has 3 unspecified atom stereocenters. The van der Waals surface area contributed by atoms with Crippen LogP contribution in [0.25, 0.3) is 0 Å². The molecular formula is C15H22O3. The van der Waals surface area contributed by atoms with E-state index < -0.39 is 6.10 Å². The lowest BCUT2D eigenvalue weighted by Crippen LogP contribution is -2.30. The first kappa shape index (κ1) is 13.4. The van der Waals surface area contributed by atoms with Crippen molar-refractivity contribution in [1.29, 1.82) is 0 Å². The normalized spacial score (nSPS) is 26.4. The van der Waals surface area contributed by atoms with Crippen molar-refractivity contribution < 1.29 is 14.9 Å². The summed E-state index contributed by atoms with van der Waals surface area (Å²) >= 11 is 0. The number of rotatable bonds is 3. The van der Waals surface area contributed by atoms with Gasteiger partial charge in [0.15, 0.2) is 0 Å². The van der Waals surface area contributed by atoms with Gasteiger partial charge in [0.25, 0.3) is 0 Å². The maximum Gasteiger partial charge on any atom is 0.124 e. The minimum absolute atomic E-state index is 0.114. The molecule has 18 heavy (non-hydrogen) atoms. The molecule has 1 aromatic carbocycles. The number of hydrogen-bond acceptors (Lipinski definition) is 3. The zero-order valence-electron chi connectivity index (χ0n) is 10.9. The molecule has 0 bridgehead atoms. The summed E-state index contributed by atoms with van der Waals surface area (Å²) in [6.07, 6.45) is 4.10. The highest BCUT2D eigenvalue weighted by molar-refractivity contribution is 5.29. The lowest BCUT2D eigenvalue weighted by atomic mass is 10.1. The molecule has 0 heterocycles. The summed E-state index contributed by atoms with van der Waals surface area (Å²) < 4.78 is 5.88. The predicted molar refractivity (Wildman–Crippen MR) is 70.6 cm³/mol. The molecule has 3 nitrogen and oxygen atoms in total. The molecule has 1 aliphatic carbocycles. The number of aliphatic hydroxyl groups is 2. The van der Waals surface area contributed by atoms with Crippen molar-refractivity contribution in [3.8, 4) is 5.75 Å². The Hall–Kier alpha value is -1.06. The lowest BCUT2D eigenvalue weighted by molar-refractivity contribution is 0.0318. The molecule has 0 spiro atoms. The number of hydrogen-bond donors (Lipinski definition) is 2. The van der Waals surface area contributed by atoms with Crippen LogP contribution in [0.3, 0.4) is 0 Å². The minimum atomic E-state index is -0.493. The zero-order chi connectivity index (χ0) is 13.0. The maximum absolute atomic E-state index is 10.0. The fourth-order valence-electron chi connectivity index (χ4n) is 2.41. The highest BCUT2D eigenvalue weighted by atomic mass is 16.5. The standard InChI is InChI=1S/C15H22O3/c1-11(16)12-6-5-7-13(10-12)18-15-9-4-2-3-8-14(15)17/h5-7,10-11,14-17H,2-4,8-9H2,1H3. The molecule has 0 aliphatic heterocycles. The van der Waals surface area contributed by atoms with Crippen molar-refractivity contribution in [1.82, 2.24) is 0 Å². The first-order valence-electron chi connectivity index (χ1n) is 6.79. The molecule has 100 valence electrons. The van der Waals surface area contributed by atoms with Gasteiger partial charge in [-0.05, 0) is 43.9 Å². The zero-order valence-corrected chi connectivity index (χ0v) is 10.9. The Labute approximate surface area is 108 Å². The van der Waals surface area contributed by atoms with Crippen LogP contribution >= 0.6 is 0 Å². The summed E-state index contributed by atoms with van der Waals surface area (Å²) in [5, 5.41) is 19.6. The maximum atomic E-state index is 10.0. The topological polar surface area (TPSA) is 49.7 Å². The Kier molecular flexibility index (Phi) is 4.61. The van der Waals surface area contributed by atoms with E-state index in [4.69, 9.17) is 4.74 Å². The predicted octanol–water partition coefficient (Wildman–Crippen LogP) is 2.81. The van der Waals surface area contributed by atoms with Gasteiger partial charge >= 0.3 is 0 Å². The third-order valence-electron chi connectivity index (χ3n) is 3.55. The molecule has 0 aromatic heterocycles. The summed E-state index contributed by atoms with van der Waals surface area (Å²) in [6.45, 7) is 1.74. The molecule has 3 atom stereocenters. The van der Waals surface area contributed by atoms with Crippen molar-refractivity contribution in [2.24, 2.45) is 0 Å². The molecule has 2 N–H and O–H groups in total. The van der Waals surface area contributed by atoms with Crippen molar-refractivity contribution >= 4 is 0 Å².